The second-order valence-corrected chi connectivity index (χ2v) is 21.6. The lowest BCUT2D eigenvalue weighted by molar-refractivity contribution is 0.668. The number of para-hydroxylation sites is 2. The molecule has 4 heteroatoms. The minimum Gasteiger partial charge on any atom is -0.456 e. The summed E-state index contributed by atoms with van der Waals surface area (Å²) in [7, 11) is 0. The number of benzene rings is 15. The fraction of sp³-hybridized carbons (Fsp3) is 0. The Labute approximate surface area is 472 Å². The monoisotopic (exact) mass is 1040 g/mol. The molecule has 382 valence electrons. The van der Waals surface area contributed by atoms with E-state index in [-0.39, 0.29) is 0 Å². The van der Waals surface area contributed by atoms with Crippen molar-refractivity contribution in [1.29, 1.82) is 0 Å². The van der Waals surface area contributed by atoms with Crippen LogP contribution in [-0.2, 0) is 0 Å². The Morgan fingerprint density at radius 3 is 0.963 bits per heavy atom. The number of nitrogens with zero attached hydrogens (tertiary/aromatic N) is 2. The van der Waals surface area contributed by atoms with E-state index in [0.717, 1.165) is 111 Å². The Bertz CT molecular complexity index is 5120. The molecular formula is C78H48N2O2. The maximum absolute atomic E-state index is 6.61. The number of fused-ring (bicyclic) bond motifs is 12. The van der Waals surface area contributed by atoms with Gasteiger partial charge in [-0.1, -0.05) is 194 Å². The molecule has 0 N–H and O–H groups in total. The molecule has 0 fully saturated rings. The zero-order chi connectivity index (χ0) is 53.8. The standard InChI is InChI=1S/C78H48N2O2/c1-5-19-53-43-57(33-31-49(53)15-1)75-63-41-39-62(80(60-38-36-52-18-4-8-22-56(52)46-60)70-26-14-30-74-78(70)66-24-10-12-28-72(66)82-74)48-68(63)76(58-34-32-50-16-2-6-20-54(50)44-58)64-42-40-61(47-67(64)75)79(59-37-35-51-17-3-7-21-55(51)45-59)69-25-13-29-73-77(69)65-23-9-11-27-71(65)81-73/h1-48H. The maximum atomic E-state index is 6.61. The lowest BCUT2D eigenvalue weighted by atomic mass is 9.84. The normalized spacial score (nSPS) is 11.9. The van der Waals surface area contributed by atoms with E-state index in [9.17, 15) is 0 Å². The first kappa shape index (κ1) is 46.0. The van der Waals surface area contributed by atoms with Gasteiger partial charge in [-0.15, -0.1) is 0 Å². The molecule has 0 amide bonds. The van der Waals surface area contributed by atoms with Crippen LogP contribution in [0.1, 0.15) is 0 Å². The van der Waals surface area contributed by atoms with E-state index in [4.69, 9.17) is 8.83 Å². The van der Waals surface area contributed by atoms with Gasteiger partial charge in [0.05, 0.1) is 22.1 Å². The molecule has 82 heavy (non-hydrogen) atoms. The molecule has 0 radical (unpaired) electrons. The van der Waals surface area contributed by atoms with Crippen LogP contribution < -0.4 is 9.80 Å². The molecule has 15 aromatic carbocycles. The second-order valence-electron chi connectivity index (χ2n) is 21.6. The van der Waals surface area contributed by atoms with Crippen LogP contribution in [0, 0.1) is 0 Å². The molecule has 0 spiro atoms. The molecule has 4 nitrogen and oxygen atoms in total. The SMILES string of the molecule is c1ccc2cc(-c3c4ccc(N(c5ccc6ccccc6c5)c5cccc6oc7ccccc7c56)cc4c(-c4ccc5ccccc5c4)c4ccc(N(c5ccc6ccccc6c5)c5cccc6oc7ccccc7c56)cc34)ccc2c1. The first-order valence-electron chi connectivity index (χ1n) is 28.0. The third-order valence-corrected chi connectivity index (χ3v) is 16.9. The highest BCUT2D eigenvalue weighted by Crippen LogP contribution is 2.51. The van der Waals surface area contributed by atoms with E-state index in [1.807, 2.05) is 12.1 Å². The molecule has 0 atom stereocenters. The van der Waals surface area contributed by atoms with Crippen molar-refractivity contribution in [2.45, 2.75) is 0 Å². The minimum atomic E-state index is 0.845. The first-order chi connectivity index (χ1) is 40.6. The summed E-state index contributed by atoms with van der Waals surface area (Å²) in [6.45, 7) is 0. The van der Waals surface area contributed by atoms with E-state index in [0.29, 0.717) is 0 Å². The van der Waals surface area contributed by atoms with Gasteiger partial charge in [0.1, 0.15) is 22.3 Å². The topological polar surface area (TPSA) is 32.8 Å². The Morgan fingerprint density at radius 1 is 0.207 bits per heavy atom. The predicted octanol–water partition coefficient (Wildman–Crippen LogP) is 22.7. The van der Waals surface area contributed by atoms with E-state index in [2.05, 4.69) is 289 Å². The smallest absolute Gasteiger partial charge is 0.137 e. The van der Waals surface area contributed by atoms with Gasteiger partial charge in [0.15, 0.2) is 0 Å². The number of hydrogen-bond acceptors (Lipinski definition) is 4. The quantitative estimate of drug-likeness (QED) is 0.142. The van der Waals surface area contributed by atoms with Crippen molar-refractivity contribution in [2.24, 2.45) is 0 Å². The molecule has 2 aromatic heterocycles. The van der Waals surface area contributed by atoms with Crippen molar-refractivity contribution in [3.8, 4) is 22.3 Å². The van der Waals surface area contributed by atoms with Crippen LogP contribution >= 0.6 is 0 Å². The van der Waals surface area contributed by atoms with Gasteiger partial charge in [0.2, 0.25) is 0 Å². The molecule has 0 aliphatic heterocycles. The van der Waals surface area contributed by atoms with E-state index in [1.54, 1.807) is 0 Å². The Balaban J connectivity index is 0.996. The van der Waals surface area contributed by atoms with Crippen molar-refractivity contribution in [1.82, 2.24) is 0 Å². The molecule has 0 unspecified atom stereocenters. The molecule has 17 rings (SSSR count). The zero-order valence-electron chi connectivity index (χ0n) is 44.4. The minimum absolute atomic E-state index is 0.845. The van der Waals surface area contributed by atoms with Crippen molar-refractivity contribution >= 4 is 143 Å². The number of anilines is 6. The van der Waals surface area contributed by atoms with Gasteiger partial charge in [-0.25, -0.2) is 0 Å². The van der Waals surface area contributed by atoms with Crippen LogP contribution in [0.2, 0.25) is 0 Å². The Morgan fingerprint density at radius 2 is 0.537 bits per heavy atom. The summed E-state index contributed by atoms with van der Waals surface area (Å²) in [5.41, 5.74) is 14.3. The number of hydrogen-bond donors (Lipinski definition) is 0. The molecule has 2 heterocycles. The van der Waals surface area contributed by atoms with Crippen LogP contribution in [0.15, 0.2) is 300 Å². The highest BCUT2D eigenvalue weighted by Gasteiger charge is 2.26. The summed E-state index contributed by atoms with van der Waals surface area (Å²) in [6.07, 6.45) is 0. The van der Waals surface area contributed by atoms with E-state index in [1.165, 1.54) is 54.2 Å². The van der Waals surface area contributed by atoms with Crippen LogP contribution in [0.25, 0.3) is 131 Å². The fourth-order valence-electron chi connectivity index (χ4n) is 13.2. The van der Waals surface area contributed by atoms with Crippen molar-refractivity contribution in [3.05, 3.63) is 291 Å². The van der Waals surface area contributed by atoms with Crippen molar-refractivity contribution < 1.29 is 8.83 Å². The van der Waals surface area contributed by atoms with Crippen LogP contribution in [0.3, 0.4) is 0 Å². The zero-order valence-corrected chi connectivity index (χ0v) is 44.4. The largest absolute Gasteiger partial charge is 0.456 e. The summed E-state index contributed by atoms with van der Waals surface area (Å²) in [6, 6.07) is 106. The highest BCUT2D eigenvalue weighted by atomic mass is 16.3. The second kappa shape index (κ2) is 18.3. The van der Waals surface area contributed by atoms with Gasteiger partial charge in [0.25, 0.3) is 0 Å². The van der Waals surface area contributed by atoms with Gasteiger partial charge < -0.3 is 18.6 Å². The summed E-state index contributed by atoms with van der Waals surface area (Å²) in [4.78, 5) is 4.87. The van der Waals surface area contributed by atoms with Gasteiger partial charge in [-0.3, -0.25) is 0 Å². The molecule has 0 saturated heterocycles. The molecule has 0 saturated carbocycles. The average Bonchev–Trinajstić information content (AvgIpc) is 3.16. The van der Waals surface area contributed by atoms with Crippen LogP contribution in [-0.4, -0.2) is 0 Å². The summed E-state index contributed by atoms with van der Waals surface area (Å²) in [5, 5.41) is 18.4. The van der Waals surface area contributed by atoms with Crippen molar-refractivity contribution in [3.63, 3.8) is 0 Å². The molecule has 17 aromatic rings. The molecular weight excluding hydrogens is 997 g/mol. The number of rotatable bonds is 8. The van der Waals surface area contributed by atoms with Crippen LogP contribution in [0.5, 0.6) is 0 Å². The average molecular weight is 1050 g/mol. The van der Waals surface area contributed by atoms with Crippen molar-refractivity contribution in [2.75, 3.05) is 9.80 Å². The van der Waals surface area contributed by atoms with Gasteiger partial charge in [-0.2, -0.15) is 0 Å². The van der Waals surface area contributed by atoms with E-state index < -0.39 is 0 Å². The predicted molar refractivity (Wildman–Crippen MR) is 346 cm³/mol. The summed E-state index contributed by atoms with van der Waals surface area (Å²) in [5.74, 6) is 0. The fourth-order valence-corrected chi connectivity index (χ4v) is 13.2. The third-order valence-electron chi connectivity index (χ3n) is 16.9. The van der Waals surface area contributed by atoms with E-state index >= 15 is 0 Å². The maximum Gasteiger partial charge on any atom is 0.137 e. The molecule has 0 aliphatic rings. The lowest BCUT2D eigenvalue weighted by Gasteiger charge is -2.29. The van der Waals surface area contributed by atoms with Gasteiger partial charge in [-0.05, 0) is 184 Å². The van der Waals surface area contributed by atoms with Gasteiger partial charge >= 0.3 is 0 Å². The number of furan rings is 2. The van der Waals surface area contributed by atoms with Crippen LogP contribution in [0.4, 0.5) is 34.1 Å². The first-order valence-corrected chi connectivity index (χ1v) is 28.0. The third kappa shape index (κ3) is 7.32. The lowest BCUT2D eigenvalue weighted by Crippen LogP contribution is -2.11. The Hall–Kier alpha value is -10.9. The Kier molecular flexibility index (Phi) is 10.3. The summed E-state index contributed by atoms with van der Waals surface area (Å²) < 4.78 is 13.2. The highest BCUT2D eigenvalue weighted by molar-refractivity contribution is 6.24. The molecule has 0 aliphatic carbocycles. The molecule has 0 bridgehead atoms. The van der Waals surface area contributed by atoms with Gasteiger partial charge in [0, 0.05) is 33.5 Å². The summed E-state index contributed by atoms with van der Waals surface area (Å²) >= 11 is 0.